The molecule has 2 aliphatic rings. The summed E-state index contributed by atoms with van der Waals surface area (Å²) >= 11 is 0. The summed E-state index contributed by atoms with van der Waals surface area (Å²) in [6, 6.07) is 10.9. The Balaban J connectivity index is 1.41. The van der Waals surface area contributed by atoms with Crippen LogP contribution in [-0.2, 0) is 18.3 Å². The zero-order valence-electron chi connectivity index (χ0n) is 19.7. The standard InChI is InChI=1S/C24H37N7O/c1-19-18-31(11-9-22(19)21-7-5-4-6-8-21)24(25-10-12-30-13-15-32-16-14-30)26-17-23-28-27-20(2)29(23)3/h4-8,19,22H,9-18H2,1-3H3,(H,25,26). The molecule has 1 N–H and O–H groups in total. The lowest BCUT2D eigenvalue weighted by atomic mass is 9.82. The van der Waals surface area contributed by atoms with E-state index in [9.17, 15) is 0 Å². The molecule has 32 heavy (non-hydrogen) atoms. The molecule has 1 aromatic carbocycles. The van der Waals surface area contributed by atoms with Gasteiger partial charge >= 0.3 is 0 Å². The molecule has 0 aliphatic carbocycles. The molecule has 8 heteroatoms. The van der Waals surface area contributed by atoms with Crippen molar-refractivity contribution in [2.24, 2.45) is 18.0 Å². The normalized spacial score (nSPS) is 22.8. The molecule has 0 saturated carbocycles. The molecule has 0 amide bonds. The molecular formula is C24H37N7O. The lowest BCUT2D eigenvalue weighted by Crippen LogP contribution is -2.50. The maximum Gasteiger partial charge on any atom is 0.194 e. The number of nitrogens with one attached hydrogen (secondary N) is 1. The maximum absolute atomic E-state index is 5.47. The highest BCUT2D eigenvalue weighted by atomic mass is 16.5. The Morgan fingerprint density at radius 2 is 1.94 bits per heavy atom. The van der Waals surface area contributed by atoms with Crippen LogP contribution in [-0.4, -0.2) is 83.0 Å². The molecule has 2 saturated heterocycles. The molecule has 2 unspecified atom stereocenters. The van der Waals surface area contributed by atoms with Gasteiger partial charge in [-0.15, -0.1) is 10.2 Å². The molecule has 0 bridgehead atoms. The fourth-order valence-electron chi connectivity index (χ4n) is 4.69. The van der Waals surface area contributed by atoms with Gasteiger partial charge in [-0.05, 0) is 30.7 Å². The van der Waals surface area contributed by atoms with Crippen LogP contribution < -0.4 is 5.32 Å². The Hall–Kier alpha value is -2.45. The Labute approximate surface area is 191 Å². The van der Waals surface area contributed by atoms with Crippen LogP contribution in [0.3, 0.4) is 0 Å². The Bertz CT molecular complexity index is 876. The SMILES string of the molecule is Cc1nnc(CN=C(NCCN2CCOCC2)N2CCC(c3ccccc3)C(C)C2)n1C. The van der Waals surface area contributed by atoms with Gasteiger partial charge in [-0.25, -0.2) is 4.99 Å². The second kappa shape index (κ2) is 10.9. The van der Waals surface area contributed by atoms with Gasteiger partial charge in [0.05, 0.1) is 13.2 Å². The van der Waals surface area contributed by atoms with Crippen molar-refractivity contribution >= 4 is 5.96 Å². The van der Waals surface area contributed by atoms with Gasteiger partial charge in [-0.2, -0.15) is 0 Å². The first-order valence-electron chi connectivity index (χ1n) is 11.8. The van der Waals surface area contributed by atoms with E-state index in [-0.39, 0.29) is 0 Å². The van der Waals surface area contributed by atoms with Crippen LogP contribution in [0.2, 0.25) is 0 Å². The van der Waals surface area contributed by atoms with Crippen molar-refractivity contribution in [3.8, 4) is 0 Å². The summed E-state index contributed by atoms with van der Waals surface area (Å²) in [6.45, 7) is 12.4. The smallest absolute Gasteiger partial charge is 0.194 e. The third-order valence-corrected chi connectivity index (χ3v) is 6.80. The van der Waals surface area contributed by atoms with Gasteiger partial charge in [0.1, 0.15) is 12.4 Å². The number of rotatable bonds is 6. The van der Waals surface area contributed by atoms with Crippen LogP contribution >= 0.6 is 0 Å². The average molecular weight is 440 g/mol. The van der Waals surface area contributed by atoms with E-state index in [1.165, 1.54) is 5.56 Å². The highest BCUT2D eigenvalue weighted by molar-refractivity contribution is 5.80. The maximum atomic E-state index is 5.47. The van der Waals surface area contributed by atoms with Gasteiger partial charge in [0.15, 0.2) is 11.8 Å². The summed E-state index contributed by atoms with van der Waals surface area (Å²) in [5.41, 5.74) is 1.45. The summed E-state index contributed by atoms with van der Waals surface area (Å²) in [6.07, 6.45) is 1.14. The van der Waals surface area contributed by atoms with Crippen LogP contribution in [0.1, 0.15) is 36.5 Å². The van der Waals surface area contributed by atoms with E-state index < -0.39 is 0 Å². The number of morpholine rings is 1. The zero-order valence-corrected chi connectivity index (χ0v) is 19.7. The summed E-state index contributed by atoms with van der Waals surface area (Å²) in [7, 11) is 2.00. The number of aryl methyl sites for hydroxylation is 1. The summed E-state index contributed by atoms with van der Waals surface area (Å²) in [5.74, 6) is 3.95. The minimum absolute atomic E-state index is 0.532. The second-order valence-corrected chi connectivity index (χ2v) is 8.97. The van der Waals surface area contributed by atoms with E-state index in [0.29, 0.717) is 18.4 Å². The van der Waals surface area contributed by atoms with Crippen molar-refractivity contribution in [1.29, 1.82) is 0 Å². The Morgan fingerprint density at radius 3 is 2.62 bits per heavy atom. The van der Waals surface area contributed by atoms with Gasteiger partial charge in [0.25, 0.3) is 0 Å². The summed E-state index contributed by atoms with van der Waals surface area (Å²) < 4.78 is 7.49. The molecule has 4 rings (SSSR count). The number of likely N-dealkylation sites (tertiary alicyclic amines) is 1. The predicted octanol–water partition coefficient (Wildman–Crippen LogP) is 2.03. The molecule has 2 aromatic rings. The monoisotopic (exact) mass is 439 g/mol. The molecule has 8 nitrogen and oxygen atoms in total. The van der Waals surface area contributed by atoms with Crippen molar-refractivity contribution in [3.63, 3.8) is 0 Å². The van der Waals surface area contributed by atoms with Crippen molar-refractivity contribution in [1.82, 2.24) is 29.9 Å². The fraction of sp³-hybridized carbons (Fsp3) is 0.625. The van der Waals surface area contributed by atoms with E-state index in [4.69, 9.17) is 9.73 Å². The number of nitrogens with zero attached hydrogens (tertiary/aromatic N) is 6. The van der Waals surface area contributed by atoms with Crippen LogP contribution in [0, 0.1) is 12.8 Å². The highest BCUT2D eigenvalue weighted by Crippen LogP contribution is 2.32. The number of aliphatic imine (C=N–C) groups is 1. The lowest BCUT2D eigenvalue weighted by Gasteiger charge is -2.39. The molecule has 174 valence electrons. The largest absolute Gasteiger partial charge is 0.379 e. The van der Waals surface area contributed by atoms with Crippen LogP contribution in [0.5, 0.6) is 0 Å². The van der Waals surface area contributed by atoms with Gasteiger partial charge in [0, 0.05) is 46.3 Å². The average Bonchev–Trinajstić information content (AvgIpc) is 3.14. The molecule has 2 atom stereocenters. The molecule has 3 heterocycles. The molecule has 2 fully saturated rings. The number of aromatic nitrogens is 3. The first kappa shape index (κ1) is 22.7. The van der Waals surface area contributed by atoms with E-state index in [1.54, 1.807) is 0 Å². The van der Waals surface area contributed by atoms with Crippen molar-refractivity contribution in [2.75, 3.05) is 52.5 Å². The topological polar surface area (TPSA) is 70.8 Å². The van der Waals surface area contributed by atoms with Gasteiger partial charge < -0.3 is 19.5 Å². The van der Waals surface area contributed by atoms with E-state index in [2.05, 4.69) is 62.6 Å². The molecule has 2 aliphatic heterocycles. The number of piperidine rings is 1. The number of guanidine groups is 1. The van der Waals surface area contributed by atoms with E-state index >= 15 is 0 Å². The second-order valence-electron chi connectivity index (χ2n) is 8.97. The first-order chi connectivity index (χ1) is 15.6. The summed E-state index contributed by atoms with van der Waals surface area (Å²) in [4.78, 5) is 9.84. The van der Waals surface area contributed by atoms with Crippen LogP contribution in [0.25, 0.3) is 0 Å². The number of hydrogen-bond donors (Lipinski definition) is 1. The van der Waals surface area contributed by atoms with Crippen molar-refractivity contribution in [3.05, 3.63) is 47.5 Å². The number of ether oxygens (including phenoxy) is 1. The molecular weight excluding hydrogens is 402 g/mol. The first-order valence-corrected chi connectivity index (χ1v) is 11.8. The number of benzene rings is 1. The van der Waals surface area contributed by atoms with Crippen LogP contribution in [0.4, 0.5) is 0 Å². The van der Waals surface area contributed by atoms with Gasteiger partial charge in [-0.3, -0.25) is 4.90 Å². The van der Waals surface area contributed by atoms with Gasteiger partial charge in [0.2, 0.25) is 0 Å². The lowest BCUT2D eigenvalue weighted by molar-refractivity contribution is 0.0388. The van der Waals surface area contributed by atoms with Crippen molar-refractivity contribution in [2.45, 2.75) is 32.7 Å². The van der Waals surface area contributed by atoms with E-state index in [1.807, 2.05) is 18.5 Å². The van der Waals surface area contributed by atoms with Crippen molar-refractivity contribution < 1.29 is 4.74 Å². The highest BCUT2D eigenvalue weighted by Gasteiger charge is 2.29. The predicted molar refractivity (Wildman–Crippen MR) is 127 cm³/mol. The molecule has 0 spiro atoms. The molecule has 0 radical (unpaired) electrons. The van der Waals surface area contributed by atoms with Crippen LogP contribution in [0.15, 0.2) is 35.3 Å². The number of hydrogen-bond acceptors (Lipinski definition) is 5. The molecule has 1 aromatic heterocycles. The third-order valence-electron chi connectivity index (χ3n) is 6.80. The minimum Gasteiger partial charge on any atom is -0.379 e. The fourth-order valence-corrected chi connectivity index (χ4v) is 4.69. The van der Waals surface area contributed by atoms with Gasteiger partial charge in [-0.1, -0.05) is 37.3 Å². The zero-order chi connectivity index (χ0) is 22.3. The Kier molecular flexibility index (Phi) is 7.76. The quantitative estimate of drug-likeness (QED) is 0.549. The third kappa shape index (κ3) is 5.66. The minimum atomic E-state index is 0.532. The summed E-state index contributed by atoms with van der Waals surface area (Å²) in [5, 5.41) is 12.1. The Morgan fingerprint density at radius 1 is 1.16 bits per heavy atom. The van der Waals surface area contributed by atoms with E-state index in [0.717, 1.165) is 76.5 Å².